The summed E-state index contributed by atoms with van der Waals surface area (Å²) in [4.78, 5) is 0. The molecule has 1 heterocycles. The van der Waals surface area contributed by atoms with Crippen LogP contribution in [0.25, 0.3) is 0 Å². The van der Waals surface area contributed by atoms with Crippen molar-refractivity contribution in [2.75, 3.05) is 6.54 Å². The van der Waals surface area contributed by atoms with Gasteiger partial charge in [0.1, 0.15) is 12.4 Å². The topological polar surface area (TPSA) is 39.1 Å². The lowest BCUT2D eigenvalue weighted by Crippen LogP contribution is -2.19. The van der Waals surface area contributed by atoms with Crippen LogP contribution < -0.4 is 10.1 Å². The normalized spacial score (nSPS) is 11.0. The van der Waals surface area contributed by atoms with Gasteiger partial charge in [0, 0.05) is 30.4 Å². The van der Waals surface area contributed by atoms with E-state index in [1.807, 2.05) is 35.3 Å². The summed E-state index contributed by atoms with van der Waals surface area (Å²) < 4.78 is 7.86. The summed E-state index contributed by atoms with van der Waals surface area (Å²) >= 11 is 0. The summed E-state index contributed by atoms with van der Waals surface area (Å²) in [5.41, 5.74) is 2.29. The third-order valence-corrected chi connectivity index (χ3v) is 3.25. The Bertz CT molecular complexity index is 548. The molecule has 0 aliphatic heterocycles. The Hall–Kier alpha value is -1.81. The van der Waals surface area contributed by atoms with E-state index < -0.39 is 0 Å². The molecule has 0 saturated carbocycles. The number of aryl methyl sites for hydroxylation is 1. The van der Waals surface area contributed by atoms with Crippen LogP contribution in [0, 0.1) is 5.92 Å². The van der Waals surface area contributed by atoms with E-state index in [-0.39, 0.29) is 0 Å². The van der Waals surface area contributed by atoms with E-state index in [1.165, 1.54) is 5.56 Å². The Kier molecular flexibility index (Phi) is 5.81. The first-order valence-electron chi connectivity index (χ1n) is 7.61. The molecule has 1 N–H and O–H groups in total. The van der Waals surface area contributed by atoms with Crippen LogP contribution in [0.1, 0.15) is 31.9 Å². The van der Waals surface area contributed by atoms with Crippen molar-refractivity contribution in [1.82, 2.24) is 15.1 Å². The molecule has 21 heavy (non-hydrogen) atoms. The Morgan fingerprint density at radius 2 is 2.10 bits per heavy atom. The van der Waals surface area contributed by atoms with Crippen LogP contribution in [0.3, 0.4) is 0 Å². The van der Waals surface area contributed by atoms with Crippen molar-refractivity contribution in [3.63, 3.8) is 0 Å². The number of nitrogens with one attached hydrogen (secondary N) is 1. The summed E-state index contributed by atoms with van der Waals surface area (Å²) in [6, 6.07) is 8.19. The lowest BCUT2D eigenvalue weighted by atomic mass is 10.2. The minimum absolute atomic E-state index is 0.557. The van der Waals surface area contributed by atoms with E-state index in [0.29, 0.717) is 12.5 Å². The first-order valence-corrected chi connectivity index (χ1v) is 7.61. The van der Waals surface area contributed by atoms with Gasteiger partial charge in [0.15, 0.2) is 0 Å². The summed E-state index contributed by atoms with van der Waals surface area (Å²) in [7, 11) is 0. The van der Waals surface area contributed by atoms with Crippen molar-refractivity contribution in [3.8, 4) is 5.75 Å². The number of para-hydroxylation sites is 1. The lowest BCUT2D eigenvalue weighted by molar-refractivity contribution is 0.301. The summed E-state index contributed by atoms with van der Waals surface area (Å²) in [6.45, 7) is 9.78. The maximum atomic E-state index is 5.95. The van der Waals surface area contributed by atoms with E-state index in [0.717, 1.165) is 30.9 Å². The molecular formula is C17H25N3O. The standard InChI is InChI=1S/C17H25N3O/c1-4-20-12-15(10-19-20)13-21-17-8-6-5-7-16(17)11-18-9-14(2)3/h5-8,10,12,14,18H,4,9,11,13H2,1-3H3. The molecule has 0 spiro atoms. The van der Waals surface area contributed by atoms with Gasteiger partial charge >= 0.3 is 0 Å². The molecule has 0 saturated heterocycles. The van der Waals surface area contributed by atoms with Crippen molar-refractivity contribution in [2.24, 2.45) is 5.92 Å². The van der Waals surface area contributed by atoms with Gasteiger partial charge in [-0.1, -0.05) is 32.0 Å². The SMILES string of the molecule is CCn1cc(COc2ccccc2CNCC(C)C)cn1. The van der Waals surface area contributed by atoms with Gasteiger partial charge in [-0.2, -0.15) is 5.10 Å². The predicted octanol–water partition coefficient (Wildman–Crippen LogP) is 3.23. The lowest BCUT2D eigenvalue weighted by Gasteiger charge is -2.12. The van der Waals surface area contributed by atoms with E-state index in [4.69, 9.17) is 4.74 Å². The van der Waals surface area contributed by atoms with Crippen molar-refractivity contribution < 1.29 is 4.74 Å². The first kappa shape index (κ1) is 15.6. The zero-order valence-electron chi connectivity index (χ0n) is 13.2. The number of nitrogens with zero attached hydrogens (tertiary/aromatic N) is 2. The van der Waals surface area contributed by atoms with Crippen LogP contribution in [0.4, 0.5) is 0 Å². The fourth-order valence-electron chi connectivity index (χ4n) is 2.10. The number of hydrogen-bond acceptors (Lipinski definition) is 3. The number of rotatable bonds is 8. The Balaban J connectivity index is 1.92. The molecule has 0 aliphatic rings. The van der Waals surface area contributed by atoms with Gasteiger partial charge in [0.2, 0.25) is 0 Å². The molecule has 0 aliphatic carbocycles. The molecule has 0 fully saturated rings. The van der Waals surface area contributed by atoms with E-state index in [9.17, 15) is 0 Å². The fraction of sp³-hybridized carbons (Fsp3) is 0.471. The zero-order valence-corrected chi connectivity index (χ0v) is 13.2. The van der Waals surface area contributed by atoms with Gasteiger partial charge < -0.3 is 10.1 Å². The summed E-state index contributed by atoms with van der Waals surface area (Å²) in [5, 5.41) is 7.72. The number of aromatic nitrogens is 2. The highest BCUT2D eigenvalue weighted by Gasteiger charge is 2.05. The highest BCUT2D eigenvalue weighted by molar-refractivity contribution is 5.33. The van der Waals surface area contributed by atoms with Gasteiger partial charge in [-0.3, -0.25) is 4.68 Å². The average molecular weight is 287 g/mol. The van der Waals surface area contributed by atoms with Crippen LogP contribution in [0.15, 0.2) is 36.7 Å². The minimum Gasteiger partial charge on any atom is -0.488 e. The molecule has 4 heteroatoms. The van der Waals surface area contributed by atoms with Crippen LogP contribution in [-0.2, 0) is 19.7 Å². The van der Waals surface area contributed by atoms with Crippen LogP contribution in [0.5, 0.6) is 5.75 Å². The summed E-state index contributed by atoms with van der Waals surface area (Å²) in [5.74, 6) is 1.59. The molecule has 2 aromatic rings. The maximum Gasteiger partial charge on any atom is 0.124 e. The Morgan fingerprint density at radius 1 is 1.29 bits per heavy atom. The third-order valence-electron chi connectivity index (χ3n) is 3.25. The maximum absolute atomic E-state index is 5.95. The molecule has 1 aromatic heterocycles. The van der Waals surface area contributed by atoms with Crippen molar-refractivity contribution >= 4 is 0 Å². The number of hydrogen-bond donors (Lipinski definition) is 1. The second-order valence-electron chi connectivity index (χ2n) is 5.63. The van der Waals surface area contributed by atoms with Crippen molar-refractivity contribution in [3.05, 3.63) is 47.8 Å². The second-order valence-corrected chi connectivity index (χ2v) is 5.63. The summed E-state index contributed by atoms with van der Waals surface area (Å²) in [6.07, 6.45) is 3.89. The fourth-order valence-corrected chi connectivity index (χ4v) is 2.10. The molecule has 0 amide bonds. The minimum atomic E-state index is 0.557. The van der Waals surface area contributed by atoms with E-state index in [2.05, 4.69) is 37.3 Å². The smallest absolute Gasteiger partial charge is 0.124 e. The molecule has 0 bridgehead atoms. The van der Waals surface area contributed by atoms with E-state index in [1.54, 1.807) is 0 Å². The van der Waals surface area contributed by atoms with Gasteiger partial charge in [0.05, 0.1) is 6.20 Å². The van der Waals surface area contributed by atoms with Gasteiger partial charge in [-0.05, 0) is 25.5 Å². The molecule has 1 aromatic carbocycles. The highest BCUT2D eigenvalue weighted by atomic mass is 16.5. The predicted molar refractivity (Wildman–Crippen MR) is 85.2 cm³/mol. The molecule has 0 atom stereocenters. The molecule has 0 unspecified atom stereocenters. The largest absolute Gasteiger partial charge is 0.488 e. The monoisotopic (exact) mass is 287 g/mol. The molecule has 0 radical (unpaired) electrons. The quantitative estimate of drug-likeness (QED) is 0.810. The molecule has 2 rings (SSSR count). The number of ether oxygens (including phenoxy) is 1. The van der Waals surface area contributed by atoms with Gasteiger partial charge in [0.25, 0.3) is 0 Å². The van der Waals surface area contributed by atoms with Gasteiger partial charge in [-0.25, -0.2) is 0 Å². The second kappa shape index (κ2) is 7.84. The van der Waals surface area contributed by atoms with Crippen molar-refractivity contribution in [2.45, 2.75) is 40.5 Å². The van der Waals surface area contributed by atoms with Crippen LogP contribution in [-0.4, -0.2) is 16.3 Å². The van der Waals surface area contributed by atoms with Gasteiger partial charge in [-0.15, -0.1) is 0 Å². The molecule has 4 nitrogen and oxygen atoms in total. The van der Waals surface area contributed by atoms with E-state index >= 15 is 0 Å². The molecule has 114 valence electrons. The Labute approximate surface area is 127 Å². The van der Waals surface area contributed by atoms with Crippen LogP contribution in [0.2, 0.25) is 0 Å². The first-order chi connectivity index (χ1) is 10.2. The van der Waals surface area contributed by atoms with Crippen LogP contribution >= 0.6 is 0 Å². The van der Waals surface area contributed by atoms with Crippen molar-refractivity contribution in [1.29, 1.82) is 0 Å². The molecular weight excluding hydrogens is 262 g/mol. The third kappa shape index (κ3) is 4.90. The number of benzene rings is 1. The average Bonchev–Trinajstić information content (AvgIpc) is 2.94. The highest BCUT2D eigenvalue weighted by Crippen LogP contribution is 2.19. The zero-order chi connectivity index (χ0) is 15.1. The Morgan fingerprint density at radius 3 is 2.81 bits per heavy atom.